The van der Waals surface area contributed by atoms with Gasteiger partial charge in [-0.3, -0.25) is 0 Å². The molecule has 0 unspecified atom stereocenters. The highest BCUT2D eigenvalue weighted by Gasteiger charge is 2.32. The number of hydrogen-bond donors (Lipinski definition) is 1. The van der Waals surface area contributed by atoms with Crippen LogP contribution in [0.3, 0.4) is 0 Å². The van der Waals surface area contributed by atoms with Gasteiger partial charge in [0, 0.05) is 24.3 Å². The lowest BCUT2D eigenvalue weighted by Crippen LogP contribution is -2.39. The molecule has 1 aromatic rings. The van der Waals surface area contributed by atoms with Gasteiger partial charge in [-0.1, -0.05) is 6.92 Å². The van der Waals surface area contributed by atoms with Crippen LogP contribution in [0.25, 0.3) is 0 Å². The summed E-state index contributed by atoms with van der Waals surface area (Å²) in [6.45, 7) is 6.82. The second-order valence-corrected chi connectivity index (χ2v) is 4.95. The number of halogens is 3. The average Bonchev–Trinajstić information content (AvgIpc) is 2.31. The first kappa shape index (κ1) is 16.5. The zero-order chi connectivity index (χ0) is 15.3. The SMILES string of the molecule is CCCNc1nc(C)cc(N(CC(F)(F)F)C(C)C)n1. The Bertz CT molecular complexity index is 432. The average molecular weight is 290 g/mol. The van der Waals surface area contributed by atoms with Gasteiger partial charge >= 0.3 is 6.18 Å². The van der Waals surface area contributed by atoms with E-state index in [2.05, 4.69) is 15.3 Å². The maximum Gasteiger partial charge on any atom is 0.405 e. The molecule has 0 saturated heterocycles. The first-order chi connectivity index (χ1) is 9.23. The lowest BCUT2D eigenvalue weighted by atomic mass is 10.3. The molecule has 0 saturated carbocycles. The number of rotatable bonds is 6. The molecule has 4 nitrogen and oxygen atoms in total. The summed E-state index contributed by atoms with van der Waals surface area (Å²) in [5.41, 5.74) is 0.640. The first-order valence-electron chi connectivity index (χ1n) is 6.66. The van der Waals surface area contributed by atoms with Crippen LogP contribution in [0, 0.1) is 6.92 Å². The van der Waals surface area contributed by atoms with Gasteiger partial charge in [0.2, 0.25) is 5.95 Å². The molecule has 7 heteroatoms. The molecule has 0 spiro atoms. The molecule has 0 amide bonds. The summed E-state index contributed by atoms with van der Waals surface area (Å²) in [5.74, 6) is 0.665. The number of nitrogens with zero attached hydrogens (tertiary/aromatic N) is 3. The number of anilines is 2. The Morgan fingerprint density at radius 1 is 1.30 bits per heavy atom. The molecule has 0 radical (unpaired) electrons. The third kappa shape index (κ3) is 5.22. The minimum atomic E-state index is -4.26. The smallest absolute Gasteiger partial charge is 0.354 e. The minimum absolute atomic E-state index is 0.295. The van der Waals surface area contributed by atoms with Gasteiger partial charge in [0.25, 0.3) is 0 Å². The molecule has 0 aliphatic heterocycles. The highest BCUT2D eigenvalue weighted by atomic mass is 19.4. The number of aromatic nitrogens is 2. The van der Waals surface area contributed by atoms with Gasteiger partial charge in [-0.15, -0.1) is 0 Å². The third-order valence-electron chi connectivity index (χ3n) is 2.64. The zero-order valence-corrected chi connectivity index (χ0v) is 12.3. The van der Waals surface area contributed by atoms with E-state index in [4.69, 9.17) is 0 Å². The minimum Gasteiger partial charge on any atom is -0.354 e. The van der Waals surface area contributed by atoms with E-state index in [0.717, 1.165) is 6.42 Å². The summed E-state index contributed by atoms with van der Waals surface area (Å²) in [7, 11) is 0. The van der Waals surface area contributed by atoms with E-state index in [1.54, 1.807) is 26.8 Å². The van der Waals surface area contributed by atoms with Crippen molar-refractivity contribution in [1.82, 2.24) is 9.97 Å². The van der Waals surface area contributed by atoms with Crippen LogP contribution in [0.1, 0.15) is 32.9 Å². The topological polar surface area (TPSA) is 41.1 Å². The highest BCUT2D eigenvalue weighted by Crippen LogP contribution is 2.24. The van der Waals surface area contributed by atoms with E-state index in [1.165, 1.54) is 4.90 Å². The molecule has 0 aliphatic rings. The van der Waals surface area contributed by atoms with Crippen molar-refractivity contribution in [2.24, 2.45) is 0 Å². The molecular weight excluding hydrogens is 269 g/mol. The lowest BCUT2D eigenvalue weighted by molar-refractivity contribution is -0.120. The molecule has 114 valence electrons. The standard InChI is InChI=1S/C13H21F3N4/c1-5-6-17-12-18-10(4)7-11(19-12)20(9(2)3)8-13(14,15)16/h7,9H,5-6,8H2,1-4H3,(H,17,18,19). The summed E-state index contributed by atoms with van der Waals surface area (Å²) in [4.78, 5) is 9.59. The van der Waals surface area contributed by atoms with Crippen LogP contribution >= 0.6 is 0 Å². The van der Waals surface area contributed by atoms with Crippen LogP contribution in [-0.2, 0) is 0 Å². The fraction of sp³-hybridized carbons (Fsp3) is 0.692. The zero-order valence-electron chi connectivity index (χ0n) is 12.3. The molecule has 20 heavy (non-hydrogen) atoms. The van der Waals surface area contributed by atoms with Crippen molar-refractivity contribution >= 4 is 11.8 Å². The van der Waals surface area contributed by atoms with Gasteiger partial charge in [-0.05, 0) is 27.2 Å². The Morgan fingerprint density at radius 3 is 2.45 bits per heavy atom. The van der Waals surface area contributed by atoms with E-state index < -0.39 is 12.7 Å². The summed E-state index contributed by atoms with van der Waals surface area (Å²) in [6, 6.07) is 1.27. The van der Waals surface area contributed by atoms with Gasteiger partial charge in [-0.2, -0.15) is 18.2 Å². The van der Waals surface area contributed by atoms with Gasteiger partial charge in [0.05, 0.1) is 0 Å². The van der Waals surface area contributed by atoms with E-state index in [9.17, 15) is 13.2 Å². The summed E-state index contributed by atoms with van der Waals surface area (Å²) in [5, 5.41) is 3.00. The molecule has 0 atom stereocenters. The fourth-order valence-electron chi connectivity index (χ4n) is 1.74. The molecule has 0 fully saturated rings. The van der Waals surface area contributed by atoms with E-state index in [-0.39, 0.29) is 6.04 Å². The highest BCUT2D eigenvalue weighted by molar-refractivity contribution is 5.45. The second-order valence-electron chi connectivity index (χ2n) is 4.95. The van der Waals surface area contributed by atoms with E-state index in [1.807, 2.05) is 6.92 Å². The van der Waals surface area contributed by atoms with Crippen LogP contribution in [0.5, 0.6) is 0 Å². The van der Waals surface area contributed by atoms with E-state index in [0.29, 0.717) is 24.0 Å². The predicted molar refractivity (Wildman–Crippen MR) is 74.1 cm³/mol. The van der Waals surface area contributed by atoms with Crippen molar-refractivity contribution in [3.63, 3.8) is 0 Å². The molecule has 0 bridgehead atoms. The maximum absolute atomic E-state index is 12.7. The quantitative estimate of drug-likeness (QED) is 0.872. The van der Waals surface area contributed by atoms with Crippen molar-refractivity contribution in [3.05, 3.63) is 11.8 Å². The third-order valence-corrected chi connectivity index (χ3v) is 2.64. The molecule has 1 rings (SSSR count). The molecule has 0 aliphatic carbocycles. The van der Waals surface area contributed by atoms with Crippen molar-refractivity contribution in [3.8, 4) is 0 Å². The first-order valence-corrected chi connectivity index (χ1v) is 6.66. The van der Waals surface area contributed by atoms with Gasteiger partial charge in [0.1, 0.15) is 12.4 Å². The van der Waals surface area contributed by atoms with Gasteiger partial charge < -0.3 is 10.2 Å². The van der Waals surface area contributed by atoms with E-state index >= 15 is 0 Å². The normalized spacial score (nSPS) is 11.8. The van der Waals surface area contributed by atoms with Crippen LogP contribution in [0.4, 0.5) is 24.9 Å². The van der Waals surface area contributed by atoms with Crippen LogP contribution in [-0.4, -0.2) is 35.3 Å². The summed E-state index contributed by atoms with van der Waals surface area (Å²) < 4.78 is 38.0. The molecule has 0 aromatic carbocycles. The Kier molecular flexibility index (Phi) is 5.59. The van der Waals surface area contributed by atoms with Crippen molar-refractivity contribution in [1.29, 1.82) is 0 Å². The lowest BCUT2D eigenvalue weighted by Gasteiger charge is -2.29. The molecule has 1 aromatic heterocycles. The van der Waals surface area contributed by atoms with Crippen molar-refractivity contribution < 1.29 is 13.2 Å². The van der Waals surface area contributed by atoms with Crippen molar-refractivity contribution in [2.45, 2.75) is 46.3 Å². The van der Waals surface area contributed by atoms with Gasteiger partial charge in [0.15, 0.2) is 0 Å². The Morgan fingerprint density at radius 2 is 1.95 bits per heavy atom. The molecule has 1 N–H and O–H groups in total. The monoisotopic (exact) mass is 290 g/mol. The van der Waals surface area contributed by atoms with Gasteiger partial charge in [-0.25, -0.2) is 4.98 Å². The number of nitrogens with one attached hydrogen (secondary N) is 1. The largest absolute Gasteiger partial charge is 0.405 e. The molecule has 1 heterocycles. The summed E-state index contributed by atoms with van der Waals surface area (Å²) in [6.07, 6.45) is -3.37. The number of alkyl halides is 3. The fourth-order valence-corrected chi connectivity index (χ4v) is 1.74. The summed E-state index contributed by atoms with van der Waals surface area (Å²) >= 11 is 0. The Balaban J connectivity index is 3.03. The van der Waals surface area contributed by atoms with Crippen LogP contribution < -0.4 is 10.2 Å². The second kappa shape index (κ2) is 6.76. The molecular formula is C13H21F3N4. The Hall–Kier alpha value is -1.53. The predicted octanol–water partition coefficient (Wildman–Crippen LogP) is 3.38. The van der Waals surface area contributed by atoms with Crippen molar-refractivity contribution in [2.75, 3.05) is 23.3 Å². The van der Waals surface area contributed by atoms with Crippen LogP contribution in [0.15, 0.2) is 6.07 Å². The Labute approximate surface area is 117 Å². The maximum atomic E-state index is 12.7. The van der Waals surface area contributed by atoms with Crippen LogP contribution in [0.2, 0.25) is 0 Å². The number of hydrogen-bond acceptors (Lipinski definition) is 4. The number of aryl methyl sites for hydroxylation is 1.